The number of ether oxygens (including phenoxy) is 2. The lowest BCUT2D eigenvalue weighted by Gasteiger charge is -2.08. The molecule has 0 aliphatic heterocycles. The standard InChI is InChI=1S/C22H18O4/c1-16-2-10-20(11-3-16)25-15-18-4-8-19(9-5-18)22(24)26-21-12-6-17(14-23)7-13-21/h2-14H,15H2,1H3. The van der Waals surface area contributed by atoms with Gasteiger partial charge in [-0.05, 0) is 61.0 Å². The van der Waals surface area contributed by atoms with Gasteiger partial charge >= 0.3 is 5.97 Å². The minimum Gasteiger partial charge on any atom is -0.489 e. The van der Waals surface area contributed by atoms with Crippen molar-refractivity contribution in [1.29, 1.82) is 0 Å². The Morgan fingerprint density at radius 3 is 2.08 bits per heavy atom. The number of aryl methyl sites for hydroxylation is 1. The fourth-order valence-corrected chi connectivity index (χ4v) is 2.32. The summed E-state index contributed by atoms with van der Waals surface area (Å²) in [5, 5.41) is 0. The molecule has 3 aromatic rings. The molecule has 0 fully saturated rings. The van der Waals surface area contributed by atoms with E-state index in [1.165, 1.54) is 5.56 Å². The molecular weight excluding hydrogens is 328 g/mol. The maximum atomic E-state index is 12.2. The summed E-state index contributed by atoms with van der Waals surface area (Å²) in [6, 6.07) is 21.3. The normalized spacial score (nSPS) is 10.2. The van der Waals surface area contributed by atoms with Gasteiger partial charge in [-0.1, -0.05) is 29.8 Å². The van der Waals surface area contributed by atoms with Crippen LogP contribution in [0.2, 0.25) is 0 Å². The monoisotopic (exact) mass is 346 g/mol. The van der Waals surface area contributed by atoms with Gasteiger partial charge in [0.15, 0.2) is 0 Å². The second-order valence-corrected chi connectivity index (χ2v) is 5.88. The highest BCUT2D eigenvalue weighted by molar-refractivity contribution is 5.91. The molecule has 0 saturated heterocycles. The van der Waals surface area contributed by atoms with Crippen molar-refractivity contribution in [3.8, 4) is 11.5 Å². The molecule has 0 bridgehead atoms. The molecule has 0 atom stereocenters. The van der Waals surface area contributed by atoms with Gasteiger partial charge in [0.25, 0.3) is 0 Å². The molecule has 4 nitrogen and oxygen atoms in total. The maximum absolute atomic E-state index is 12.2. The van der Waals surface area contributed by atoms with E-state index in [9.17, 15) is 9.59 Å². The average molecular weight is 346 g/mol. The second-order valence-electron chi connectivity index (χ2n) is 5.88. The lowest BCUT2D eigenvalue weighted by molar-refractivity contribution is 0.0734. The highest BCUT2D eigenvalue weighted by atomic mass is 16.5. The van der Waals surface area contributed by atoms with E-state index in [1.54, 1.807) is 36.4 Å². The van der Waals surface area contributed by atoms with Gasteiger partial charge < -0.3 is 9.47 Å². The van der Waals surface area contributed by atoms with Crippen LogP contribution in [0.15, 0.2) is 72.8 Å². The van der Waals surface area contributed by atoms with Crippen LogP contribution in [0.4, 0.5) is 0 Å². The van der Waals surface area contributed by atoms with Crippen molar-refractivity contribution in [2.75, 3.05) is 0 Å². The molecule has 0 aliphatic rings. The summed E-state index contributed by atoms with van der Waals surface area (Å²) in [6.07, 6.45) is 0.739. The number of esters is 1. The van der Waals surface area contributed by atoms with Gasteiger partial charge in [-0.2, -0.15) is 0 Å². The summed E-state index contributed by atoms with van der Waals surface area (Å²) in [5.74, 6) is 0.750. The number of aldehydes is 1. The second kappa shape index (κ2) is 8.12. The number of carbonyl (C=O) groups excluding carboxylic acids is 2. The Labute approximate surface area is 152 Å². The summed E-state index contributed by atoms with van der Waals surface area (Å²) < 4.78 is 11.0. The van der Waals surface area contributed by atoms with Crippen molar-refractivity contribution in [2.45, 2.75) is 13.5 Å². The predicted octanol–water partition coefficient (Wildman–Crippen LogP) is 4.61. The molecule has 0 heterocycles. The molecule has 0 spiro atoms. The highest BCUT2D eigenvalue weighted by Gasteiger charge is 2.09. The molecule has 0 aromatic heterocycles. The molecule has 0 amide bonds. The van der Waals surface area contributed by atoms with Gasteiger partial charge in [-0.25, -0.2) is 4.79 Å². The van der Waals surface area contributed by atoms with Crippen LogP contribution in [0.1, 0.15) is 31.8 Å². The van der Waals surface area contributed by atoms with Crippen molar-refractivity contribution in [3.05, 3.63) is 95.1 Å². The van der Waals surface area contributed by atoms with Crippen molar-refractivity contribution >= 4 is 12.3 Å². The lowest BCUT2D eigenvalue weighted by atomic mass is 10.1. The third kappa shape index (κ3) is 4.57. The Morgan fingerprint density at radius 2 is 1.46 bits per heavy atom. The smallest absolute Gasteiger partial charge is 0.343 e. The Bertz CT molecular complexity index is 879. The first kappa shape index (κ1) is 17.4. The Hall–Kier alpha value is -3.40. The van der Waals surface area contributed by atoms with Crippen LogP contribution in [0.3, 0.4) is 0 Å². The quantitative estimate of drug-likeness (QED) is 0.372. The molecule has 0 N–H and O–H groups in total. The van der Waals surface area contributed by atoms with Crippen molar-refractivity contribution in [1.82, 2.24) is 0 Å². The van der Waals surface area contributed by atoms with E-state index in [2.05, 4.69) is 0 Å². The van der Waals surface area contributed by atoms with Crippen LogP contribution in [0, 0.1) is 6.92 Å². The maximum Gasteiger partial charge on any atom is 0.343 e. The van der Waals surface area contributed by atoms with Crippen molar-refractivity contribution in [2.24, 2.45) is 0 Å². The Balaban J connectivity index is 1.58. The first-order chi connectivity index (χ1) is 12.6. The van der Waals surface area contributed by atoms with Gasteiger partial charge in [0.05, 0.1) is 5.56 Å². The van der Waals surface area contributed by atoms with Crippen LogP contribution >= 0.6 is 0 Å². The van der Waals surface area contributed by atoms with Gasteiger partial charge in [0.1, 0.15) is 24.4 Å². The van der Waals surface area contributed by atoms with E-state index < -0.39 is 5.97 Å². The van der Waals surface area contributed by atoms with Crippen molar-refractivity contribution in [3.63, 3.8) is 0 Å². The van der Waals surface area contributed by atoms with Crippen LogP contribution in [-0.4, -0.2) is 12.3 Å². The molecule has 130 valence electrons. The fraction of sp³-hybridized carbons (Fsp3) is 0.0909. The van der Waals surface area contributed by atoms with Crippen LogP contribution in [-0.2, 0) is 6.61 Å². The van der Waals surface area contributed by atoms with E-state index >= 15 is 0 Å². The van der Waals surface area contributed by atoms with Gasteiger partial charge in [0.2, 0.25) is 0 Å². The molecule has 26 heavy (non-hydrogen) atoms. The minimum atomic E-state index is -0.449. The predicted molar refractivity (Wildman–Crippen MR) is 98.7 cm³/mol. The zero-order valence-corrected chi connectivity index (χ0v) is 14.3. The van der Waals surface area contributed by atoms with Gasteiger partial charge in [-0.15, -0.1) is 0 Å². The lowest BCUT2D eigenvalue weighted by Crippen LogP contribution is -2.08. The number of carbonyl (C=O) groups is 2. The summed E-state index contributed by atoms with van der Waals surface area (Å²) in [7, 11) is 0. The molecular formula is C22H18O4. The SMILES string of the molecule is Cc1ccc(OCc2ccc(C(=O)Oc3ccc(C=O)cc3)cc2)cc1. The molecule has 3 aromatic carbocycles. The first-order valence-corrected chi connectivity index (χ1v) is 8.20. The third-order valence-electron chi connectivity index (χ3n) is 3.84. The van der Waals surface area contributed by atoms with E-state index in [0.717, 1.165) is 17.6 Å². The van der Waals surface area contributed by atoms with E-state index in [-0.39, 0.29) is 0 Å². The molecule has 0 unspecified atom stereocenters. The third-order valence-corrected chi connectivity index (χ3v) is 3.84. The molecule has 0 saturated carbocycles. The molecule has 0 radical (unpaired) electrons. The topological polar surface area (TPSA) is 52.6 Å². The van der Waals surface area contributed by atoms with Crippen LogP contribution in [0.25, 0.3) is 0 Å². The molecule has 3 rings (SSSR count). The number of hydrogen-bond acceptors (Lipinski definition) is 4. The average Bonchev–Trinajstić information content (AvgIpc) is 2.68. The highest BCUT2D eigenvalue weighted by Crippen LogP contribution is 2.16. The van der Waals surface area contributed by atoms with Gasteiger partial charge in [-0.3, -0.25) is 4.79 Å². The first-order valence-electron chi connectivity index (χ1n) is 8.20. The number of benzene rings is 3. The van der Waals surface area contributed by atoms with E-state index in [4.69, 9.17) is 9.47 Å². The van der Waals surface area contributed by atoms with E-state index in [1.807, 2.05) is 43.3 Å². The van der Waals surface area contributed by atoms with Gasteiger partial charge in [0, 0.05) is 5.56 Å². The number of rotatable bonds is 6. The summed E-state index contributed by atoms with van der Waals surface area (Å²) in [4.78, 5) is 22.8. The summed E-state index contributed by atoms with van der Waals surface area (Å²) in [5.41, 5.74) is 3.12. The van der Waals surface area contributed by atoms with Crippen molar-refractivity contribution < 1.29 is 19.1 Å². The zero-order valence-electron chi connectivity index (χ0n) is 14.3. The minimum absolute atomic E-state index is 0.396. The Morgan fingerprint density at radius 1 is 0.846 bits per heavy atom. The van der Waals surface area contributed by atoms with Crippen LogP contribution < -0.4 is 9.47 Å². The Kier molecular flexibility index (Phi) is 5.44. The zero-order chi connectivity index (χ0) is 18.4. The summed E-state index contributed by atoms with van der Waals surface area (Å²) >= 11 is 0. The van der Waals surface area contributed by atoms with E-state index in [0.29, 0.717) is 23.5 Å². The van der Waals surface area contributed by atoms with Crippen LogP contribution in [0.5, 0.6) is 11.5 Å². The summed E-state index contributed by atoms with van der Waals surface area (Å²) in [6.45, 7) is 2.45. The largest absolute Gasteiger partial charge is 0.489 e. The molecule has 0 aliphatic carbocycles. The molecule has 4 heteroatoms. The fourth-order valence-electron chi connectivity index (χ4n) is 2.32. The number of hydrogen-bond donors (Lipinski definition) is 0.